The minimum atomic E-state index is -4.12. The molecule has 0 saturated carbocycles. The number of nitrogens with zero attached hydrogens (tertiary/aromatic N) is 3. The van der Waals surface area contributed by atoms with Gasteiger partial charge in [-0.1, -0.05) is 18.5 Å². The molecule has 0 spiro atoms. The molecule has 1 aliphatic rings. The second kappa shape index (κ2) is 8.45. The van der Waals surface area contributed by atoms with Crippen molar-refractivity contribution in [1.29, 1.82) is 5.26 Å². The summed E-state index contributed by atoms with van der Waals surface area (Å²) in [4.78, 5) is 3.82. The fourth-order valence-corrected chi connectivity index (χ4v) is 4.77. The van der Waals surface area contributed by atoms with E-state index >= 15 is 0 Å². The molecule has 2 N–H and O–H groups in total. The molecule has 2 aromatic rings. The minimum absolute atomic E-state index is 0.0120. The van der Waals surface area contributed by atoms with Crippen LogP contribution in [0.15, 0.2) is 41.6 Å². The first-order chi connectivity index (χ1) is 14.1. The van der Waals surface area contributed by atoms with Crippen molar-refractivity contribution in [3.8, 4) is 11.8 Å². The van der Waals surface area contributed by atoms with Crippen molar-refractivity contribution in [2.75, 3.05) is 13.1 Å². The molecule has 0 aliphatic carbocycles. The van der Waals surface area contributed by atoms with Gasteiger partial charge >= 0.3 is 0 Å². The molecule has 1 aromatic carbocycles. The molecule has 8 nitrogen and oxygen atoms in total. The van der Waals surface area contributed by atoms with Crippen molar-refractivity contribution in [3.63, 3.8) is 0 Å². The molecular weight excluding hydrogens is 437 g/mol. The topological polar surface area (TPSA) is 124 Å². The third-order valence-electron chi connectivity index (χ3n) is 4.96. The minimum Gasteiger partial charge on any atom is -0.486 e. The van der Waals surface area contributed by atoms with Gasteiger partial charge in [0.05, 0.1) is 23.2 Å². The average Bonchev–Trinajstić information content (AvgIpc) is 3.06. The molecule has 3 atom stereocenters. The third-order valence-corrected chi connectivity index (χ3v) is 6.92. The Hall–Kier alpha value is -2.29. The van der Waals surface area contributed by atoms with Crippen molar-refractivity contribution in [2.24, 2.45) is 0 Å². The number of aliphatic hydroxyl groups is 2. The van der Waals surface area contributed by atoms with E-state index in [1.54, 1.807) is 13.0 Å². The van der Waals surface area contributed by atoms with Gasteiger partial charge in [0.25, 0.3) is 10.0 Å². The molecule has 2 heterocycles. The van der Waals surface area contributed by atoms with Gasteiger partial charge in [-0.3, -0.25) is 0 Å². The van der Waals surface area contributed by atoms with Gasteiger partial charge < -0.3 is 14.9 Å². The number of ether oxygens (including phenoxy) is 1. The standard InChI is InChI=1S/C19H19ClFN3O5S/c1-2-16(25)19(26)11-24(30(27,28)18-6-4-13(20)9-23-18)10-17(19)29-14-5-3-12(8-22)15(21)7-14/h3-7,9,16-17,25-26H,2,10-11H2,1H3/t16?,17-,19+/m0/s1. The molecular formula is C19H19ClFN3O5S. The van der Waals surface area contributed by atoms with Gasteiger partial charge in [-0.2, -0.15) is 9.57 Å². The number of halogens is 2. The quantitative estimate of drug-likeness (QED) is 0.679. The number of rotatable bonds is 6. The number of benzene rings is 1. The first-order valence-electron chi connectivity index (χ1n) is 9.00. The summed E-state index contributed by atoms with van der Waals surface area (Å²) in [7, 11) is -4.12. The summed E-state index contributed by atoms with van der Waals surface area (Å²) in [5.41, 5.74) is -2.13. The summed E-state index contributed by atoms with van der Waals surface area (Å²) in [5, 5.41) is 30.3. The Labute approximate surface area is 178 Å². The summed E-state index contributed by atoms with van der Waals surface area (Å²) in [6, 6.07) is 7.80. The maximum Gasteiger partial charge on any atom is 0.260 e. The monoisotopic (exact) mass is 455 g/mol. The Kier molecular flexibility index (Phi) is 6.31. The van der Waals surface area contributed by atoms with E-state index in [2.05, 4.69) is 4.98 Å². The van der Waals surface area contributed by atoms with Crippen molar-refractivity contribution in [2.45, 2.75) is 36.2 Å². The van der Waals surface area contributed by atoms with E-state index in [0.717, 1.165) is 10.4 Å². The summed E-state index contributed by atoms with van der Waals surface area (Å²) in [6.07, 6.45) is -1.18. The van der Waals surface area contributed by atoms with Gasteiger partial charge in [-0.15, -0.1) is 0 Å². The number of hydrogen-bond acceptors (Lipinski definition) is 7. The Balaban J connectivity index is 1.93. The van der Waals surface area contributed by atoms with Gasteiger partial charge in [0.1, 0.15) is 29.3 Å². The summed E-state index contributed by atoms with van der Waals surface area (Å²) in [6.45, 7) is 0.874. The second-order valence-electron chi connectivity index (χ2n) is 6.89. The predicted octanol–water partition coefficient (Wildman–Crippen LogP) is 1.70. The van der Waals surface area contributed by atoms with Gasteiger partial charge in [-0.05, 0) is 30.7 Å². The molecule has 11 heteroatoms. The smallest absolute Gasteiger partial charge is 0.260 e. The predicted molar refractivity (Wildman–Crippen MR) is 105 cm³/mol. The number of hydrogen-bond donors (Lipinski definition) is 2. The van der Waals surface area contributed by atoms with Crippen LogP contribution < -0.4 is 4.74 Å². The van der Waals surface area contributed by atoms with Crippen LogP contribution >= 0.6 is 11.6 Å². The zero-order valence-electron chi connectivity index (χ0n) is 15.9. The van der Waals surface area contributed by atoms with Crippen molar-refractivity contribution in [3.05, 3.63) is 52.9 Å². The molecule has 1 aromatic heterocycles. The highest BCUT2D eigenvalue weighted by molar-refractivity contribution is 7.89. The number of aliphatic hydroxyl groups excluding tert-OH is 1. The Morgan fingerprint density at radius 2 is 2.20 bits per heavy atom. The van der Waals surface area contributed by atoms with Gasteiger partial charge in [0.15, 0.2) is 5.03 Å². The molecule has 0 radical (unpaired) electrons. The molecule has 1 fully saturated rings. The van der Waals surface area contributed by atoms with Crippen molar-refractivity contribution >= 4 is 21.6 Å². The van der Waals surface area contributed by atoms with Gasteiger partial charge in [0.2, 0.25) is 0 Å². The summed E-state index contributed by atoms with van der Waals surface area (Å²) < 4.78 is 46.5. The summed E-state index contributed by atoms with van der Waals surface area (Å²) in [5.74, 6) is -0.829. The number of pyridine rings is 1. The first kappa shape index (κ1) is 22.4. The highest BCUT2D eigenvalue weighted by Gasteiger charge is 2.54. The summed E-state index contributed by atoms with van der Waals surface area (Å²) >= 11 is 5.76. The zero-order chi connectivity index (χ0) is 22.1. The third kappa shape index (κ3) is 4.12. The second-order valence-corrected chi connectivity index (χ2v) is 9.21. The lowest BCUT2D eigenvalue weighted by Crippen LogP contribution is -2.54. The van der Waals surface area contributed by atoms with Crippen LogP contribution in [0.2, 0.25) is 5.02 Å². The molecule has 3 rings (SSSR count). The number of β-amino-alcohol motifs (C(OH)–C–C–N with tert-alkyl or cyclic N) is 1. The van der Waals surface area contributed by atoms with E-state index < -0.39 is 40.2 Å². The fraction of sp³-hybridized carbons (Fsp3) is 0.368. The Morgan fingerprint density at radius 3 is 2.77 bits per heavy atom. The lowest BCUT2D eigenvalue weighted by molar-refractivity contribution is -0.112. The van der Waals surface area contributed by atoms with Crippen LogP contribution in [0.4, 0.5) is 4.39 Å². The molecule has 0 amide bonds. The van der Waals surface area contributed by atoms with Crippen LogP contribution in [-0.2, 0) is 10.0 Å². The van der Waals surface area contributed by atoms with Gasteiger partial charge in [-0.25, -0.2) is 17.8 Å². The van der Waals surface area contributed by atoms with Crippen molar-refractivity contribution < 1.29 is 27.8 Å². The number of aromatic nitrogens is 1. The van der Waals surface area contributed by atoms with E-state index in [-0.39, 0.29) is 34.3 Å². The van der Waals surface area contributed by atoms with Crippen LogP contribution in [0.3, 0.4) is 0 Å². The van der Waals surface area contributed by atoms with E-state index in [4.69, 9.17) is 21.6 Å². The maximum absolute atomic E-state index is 13.9. The van der Waals surface area contributed by atoms with Crippen LogP contribution in [0.25, 0.3) is 0 Å². The molecule has 1 unspecified atom stereocenters. The average molecular weight is 456 g/mol. The molecule has 30 heavy (non-hydrogen) atoms. The molecule has 0 bridgehead atoms. The molecule has 160 valence electrons. The highest BCUT2D eigenvalue weighted by atomic mass is 35.5. The number of nitriles is 1. The zero-order valence-corrected chi connectivity index (χ0v) is 17.4. The van der Waals surface area contributed by atoms with Crippen LogP contribution in [-0.4, -0.2) is 58.8 Å². The normalized spacial score (nSPS) is 23.1. The van der Waals surface area contributed by atoms with Crippen LogP contribution in [0.5, 0.6) is 5.75 Å². The van der Waals surface area contributed by atoms with Crippen molar-refractivity contribution in [1.82, 2.24) is 9.29 Å². The molecule has 1 aliphatic heterocycles. The lowest BCUT2D eigenvalue weighted by Gasteiger charge is -2.33. The van der Waals surface area contributed by atoms with Crippen LogP contribution in [0.1, 0.15) is 18.9 Å². The Bertz CT molecular complexity index is 1080. The van der Waals surface area contributed by atoms with E-state index in [1.807, 2.05) is 0 Å². The number of sulfonamides is 1. The first-order valence-corrected chi connectivity index (χ1v) is 10.8. The van der Waals surface area contributed by atoms with Gasteiger partial charge in [0, 0.05) is 18.8 Å². The molecule has 1 saturated heterocycles. The van der Waals surface area contributed by atoms with E-state index in [1.165, 1.54) is 30.5 Å². The highest BCUT2D eigenvalue weighted by Crippen LogP contribution is 2.34. The van der Waals surface area contributed by atoms with E-state index in [0.29, 0.717) is 0 Å². The Morgan fingerprint density at radius 1 is 1.47 bits per heavy atom. The largest absolute Gasteiger partial charge is 0.486 e. The lowest BCUT2D eigenvalue weighted by atomic mass is 9.91. The fourth-order valence-electron chi connectivity index (χ4n) is 3.26. The van der Waals surface area contributed by atoms with Crippen LogP contribution in [0, 0.1) is 17.1 Å². The van der Waals surface area contributed by atoms with E-state index in [9.17, 15) is 23.0 Å². The maximum atomic E-state index is 13.9. The SMILES string of the molecule is CCC(O)[C@]1(O)CN(S(=O)(=O)c2ccc(Cl)cn2)C[C@@H]1Oc1ccc(C#N)c(F)c1.